The molecular formula is C12H16N2O3. The maximum atomic E-state index is 11.2. The van der Waals surface area contributed by atoms with Gasteiger partial charge in [0.1, 0.15) is 5.75 Å². The number of aryl methyl sites for hydroxylation is 1. The highest BCUT2D eigenvalue weighted by Crippen LogP contribution is 2.31. The normalized spacial score (nSPS) is 9.88. The molecule has 5 heteroatoms. The molecule has 0 fully saturated rings. The molecule has 0 aliphatic heterocycles. The van der Waals surface area contributed by atoms with Gasteiger partial charge in [-0.05, 0) is 43.5 Å². The third-order valence-corrected chi connectivity index (χ3v) is 2.70. The second-order valence-electron chi connectivity index (χ2n) is 3.84. The predicted molar refractivity (Wildman–Crippen MR) is 65.0 cm³/mol. The maximum Gasteiger partial charge on any atom is 0.313 e. The number of nitrogens with one attached hydrogen (secondary N) is 1. The third kappa shape index (κ3) is 2.55. The van der Waals surface area contributed by atoms with Crippen molar-refractivity contribution in [3.05, 3.63) is 22.8 Å². The van der Waals surface area contributed by atoms with Crippen LogP contribution in [0.15, 0.2) is 6.07 Å². The molecule has 0 heterocycles. The highest BCUT2D eigenvalue weighted by atomic mass is 16.5. The number of benzene rings is 1. The Morgan fingerprint density at radius 3 is 2.29 bits per heavy atom. The first-order valence-corrected chi connectivity index (χ1v) is 5.14. The largest absolute Gasteiger partial charge is 0.496 e. The molecule has 1 rings (SSSR count). The fourth-order valence-electron chi connectivity index (χ4n) is 1.69. The van der Waals surface area contributed by atoms with Gasteiger partial charge in [-0.25, -0.2) is 0 Å². The van der Waals surface area contributed by atoms with Gasteiger partial charge in [-0.2, -0.15) is 0 Å². The van der Waals surface area contributed by atoms with E-state index in [0.717, 1.165) is 22.4 Å². The lowest BCUT2D eigenvalue weighted by atomic mass is 10.0. The first-order valence-electron chi connectivity index (χ1n) is 5.14. The number of carbonyl (C=O) groups is 2. The van der Waals surface area contributed by atoms with Crippen LogP contribution in [0, 0.1) is 20.8 Å². The van der Waals surface area contributed by atoms with Crippen LogP contribution in [0.25, 0.3) is 0 Å². The number of rotatable bonds is 2. The summed E-state index contributed by atoms with van der Waals surface area (Å²) >= 11 is 0. The van der Waals surface area contributed by atoms with E-state index in [4.69, 9.17) is 10.5 Å². The number of nitrogens with two attached hydrogens (primary N) is 1. The summed E-state index contributed by atoms with van der Waals surface area (Å²) in [5, 5.41) is 2.47. The Hall–Kier alpha value is -2.04. The number of methoxy groups -OCH3 is 1. The second-order valence-corrected chi connectivity index (χ2v) is 3.84. The van der Waals surface area contributed by atoms with Crippen LogP contribution >= 0.6 is 0 Å². The average Bonchev–Trinajstić information content (AvgIpc) is 2.26. The molecule has 0 saturated heterocycles. The number of hydrogen-bond donors (Lipinski definition) is 2. The standard InChI is InChI=1S/C12H16N2O3/c1-6-5-9(14-12(16)11(13)15)7(2)8(3)10(6)17-4/h5H,1-4H3,(H2,13,15)(H,14,16). The molecule has 0 atom stereocenters. The van der Waals surface area contributed by atoms with Crippen molar-refractivity contribution in [2.75, 3.05) is 12.4 Å². The zero-order chi connectivity index (χ0) is 13.2. The highest BCUT2D eigenvalue weighted by molar-refractivity contribution is 6.39. The molecule has 1 aromatic carbocycles. The highest BCUT2D eigenvalue weighted by Gasteiger charge is 2.14. The van der Waals surface area contributed by atoms with Crippen molar-refractivity contribution in [3.8, 4) is 5.75 Å². The van der Waals surface area contributed by atoms with E-state index in [9.17, 15) is 9.59 Å². The minimum absolute atomic E-state index is 0.574. The second kappa shape index (κ2) is 4.86. The van der Waals surface area contributed by atoms with Crippen molar-refractivity contribution in [1.82, 2.24) is 0 Å². The van der Waals surface area contributed by atoms with Crippen LogP contribution < -0.4 is 15.8 Å². The predicted octanol–water partition coefficient (Wildman–Crippen LogP) is 1.04. The van der Waals surface area contributed by atoms with E-state index in [0.29, 0.717) is 5.69 Å². The van der Waals surface area contributed by atoms with Gasteiger partial charge in [-0.1, -0.05) is 0 Å². The molecule has 1 aromatic rings. The molecule has 0 radical (unpaired) electrons. The molecule has 3 N–H and O–H groups in total. The number of amides is 2. The summed E-state index contributed by atoms with van der Waals surface area (Å²) in [7, 11) is 1.59. The van der Waals surface area contributed by atoms with Crippen molar-refractivity contribution in [2.24, 2.45) is 5.73 Å². The van der Waals surface area contributed by atoms with Gasteiger partial charge in [0.25, 0.3) is 0 Å². The van der Waals surface area contributed by atoms with Crippen LogP contribution in [0.1, 0.15) is 16.7 Å². The summed E-state index contributed by atoms with van der Waals surface area (Å²) < 4.78 is 5.26. The molecule has 0 aromatic heterocycles. The molecule has 5 nitrogen and oxygen atoms in total. The van der Waals surface area contributed by atoms with Gasteiger partial charge in [-0.15, -0.1) is 0 Å². The van der Waals surface area contributed by atoms with Crippen molar-refractivity contribution in [1.29, 1.82) is 0 Å². The number of ether oxygens (including phenoxy) is 1. The number of anilines is 1. The van der Waals surface area contributed by atoms with Crippen molar-refractivity contribution in [2.45, 2.75) is 20.8 Å². The molecule has 0 saturated carbocycles. The van der Waals surface area contributed by atoms with Gasteiger partial charge in [0, 0.05) is 5.69 Å². The Morgan fingerprint density at radius 1 is 1.24 bits per heavy atom. The Kier molecular flexibility index (Phi) is 3.73. The minimum atomic E-state index is -1.00. The number of hydrogen-bond acceptors (Lipinski definition) is 3. The smallest absolute Gasteiger partial charge is 0.313 e. The van der Waals surface area contributed by atoms with Gasteiger partial charge in [0.05, 0.1) is 7.11 Å². The fourth-order valence-corrected chi connectivity index (χ4v) is 1.69. The summed E-state index contributed by atoms with van der Waals surface area (Å²) in [6, 6.07) is 1.75. The Labute approximate surface area is 99.9 Å². The summed E-state index contributed by atoms with van der Waals surface area (Å²) in [6.07, 6.45) is 0. The molecule has 0 aliphatic carbocycles. The molecule has 0 aliphatic rings. The van der Waals surface area contributed by atoms with E-state index in [1.807, 2.05) is 20.8 Å². The minimum Gasteiger partial charge on any atom is -0.496 e. The molecule has 92 valence electrons. The van der Waals surface area contributed by atoms with Gasteiger partial charge in [0.2, 0.25) is 0 Å². The van der Waals surface area contributed by atoms with Gasteiger partial charge in [-0.3, -0.25) is 9.59 Å². The SMILES string of the molecule is COc1c(C)cc(NC(=O)C(N)=O)c(C)c1C. The van der Waals surface area contributed by atoms with E-state index in [1.54, 1.807) is 13.2 Å². The van der Waals surface area contributed by atoms with E-state index < -0.39 is 11.8 Å². The topological polar surface area (TPSA) is 81.4 Å². The molecule has 0 unspecified atom stereocenters. The summed E-state index contributed by atoms with van der Waals surface area (Å²) in [6.45, 7) is 5.60. The van der Waals surface area contributed by atoms with E-state index in [1.165, 1.54) is 0 Å². The van der Waals surface area contributed by atoms with E-state index in [-0.39, 0.29) is 0 Å². The summed E-state index contributed by atoms with van der Waals surface area (Å²) in [5.41, 5.74) is 8.12. The van der Waals surface area contributed by atoms with Gasteiger partial charge >= 0.3 is 11.8 Å². The average molecular weight is 236 g/mol. The van der Waals surface area contributed by atoms with E-state index >= 15 is 0 Å². The molecule has 17 heavy (non-hydrogen) atoms. The monoisotopic (exact) mass is 236 g/mol. The molecule has 0 bridgehead atoms. The maximum absolute atomic E-state index is 11.2. The molecule has 2 amide bonds. The van der Waals surface area contributed by atoms with Crippen molar-refractivity contribution in [3.63, 3.8) is 0 Å². The zero-order valence-corrected chi connectivity index (χ0v) is 10.4. The fraction of sp³-hybridized carbons (Fsp3) is 0.333. The quantitative estimate of drug-likeness (QED) is 0.753. The van der Waals surface area contributed by atoms with E-state index in [2.05, 4.69) is 5.32 Å². The number of carbonyl (C=O) groups excluding carboxylic acids is 2. The van der Waals surface area contributed by atoms with Crippen LogP contribution in [0.2, 0.25) is 0 Å². The summed E-state index contributed by atoms with van der Waals surface area (Å²) in [5.74, 6) is -1.05. The lowest BCUT2D eigenvalue weighted by molar-refractivity contribution is -0.134. The molecular weight excluding hydrogens is 220 g/mol. The van der Waals surface area contributed by atoms with Crippen LogP contribution in [0.3, 0.4) is 0 Å². The Balaban J connectivity index is 3.19. The van der Waals surface area contributed by atoms with Gasteiger partial charge < -0.3 is 15.8 Å². The van der Waals surface area contributed by atoms with Crippen LogP contribution in [0.4, 0.5) is 5.69 Å². The van der Waals surface area contributed by atoms with Crippen LogP contribution in [0.5, 0.6) is 5.75 Å². The Morgan fingerprint density at radius 2 is 1.82 bits per heavy atom. The number of primary amides is 1. The van der Waals surface area contributed by atoms with Crippen molar-refractivity contribution < 1.29 is 14.3 Å². The summed E-state index contributed by atoms with van der Waals surface area (Å²) in [4.78, 5) is 21.9. The molecule has 0 spiro atoms. The van der Waals surface area contributed by atoms with Gasteiger partial charge in [0.15, 0.2) is 0 Å². The Bertz CT molecular complexity index is 481. The third-order valence-electron chi connectivity index (χ3n) is 2.70. The first kappa shape index (κ1) is 13.0. The van der Waals surface area contributed by atoms with Crippen LogP contribution in [-0.4, -0.2) is 18.9 Å². The first-order chi connectivity index (χ1) is 7.88. The lowest BCUT2D eigenvalue weighted by Gasteiger charge is -2.15. The van der Waals surface area contributed by atoms with Crippen molar-refractivity contribution >= 4 is 17.5 Å². The lowest BCUT2D eigenvalue weighted by Crippen LogP contribution is -2.29. The zero-order valence-electron chi connectivity index (χ0n) is 10.4. The van der Waals surface area contributed by atoms with Crippen LogP contribution in [-0.2, 0) is 9.59 Å².